The van der Waals surface area contributed by atoms with Crippen LogP contribution in [0.5, 0.6) is 5.75 Å². The molecule has 1 aromatic carbocycles. The zero-order chi connectivity index (χ0) is 14.4. The van der Waals surface area contributed by atoms with Gasteiger partial charge in [-0.15, -0.1) is 11.3 Å². The normalized spacial score (nSPS) is 10.2. The van der Waals surface area contributed by atoms with Gasteiger partial charge in [0.05, 0.1) is 12.2 Å². The van der Waals surface area contributed by atoms with Gasteiger partial charge in [0, 0.05) is 11.4 Å². The first-order chi connectivity index (χ1) is 9.70. The molecule has 106 valence electrons. The van der Waals surface area contributed by atoms with E-state index in [9.17, 15) is 4.79 Å². The van der Waals surface area contributed by atoms with Gasteiger partial charge in [-0.25, -0.2) is 0 Å². The van der Waals surface area contributed by atoms with E-state index in [1.165, 1.54) is 4.88 Å². The number of nitrogens with two attached hydrogens (primary N) is 1. The largest absolute Gasteiger partial charge is 0.482 e. The van der Waals surface area contributed by atoms with Crippen LogP contribution in [-0.2, 0) is 11.3 Å². The van der Waals surface area contributed by atoms with Crippen molar-refractivity contribution in [3.8, 4) is 5.75 Å². The first-order valence-electron chi connectivity index (χ1n) is 6.48. The summed E-state index contributed by atoms with van der Waals surface area (Å²) in [5.41, 5.74) is 6.32. The van der Waals surface area contributed by atoms with Gasteiger partial charge in [0.15, 0.2) is 6.61 Å². The average Bonchev–Trinajstić information content (AvgIpc) is 2.96. The molecule has 0 unspecified atom stereocenters. The van der Waals surface area contributed by atoms with Gasteiger partial charge in [0.2, 0.25) is 0 Å². The van der Waals surface area contributed by atoms with Gasteiger partial charge in [-0.05, 0) is 30.5 Å². The third kappa shape index (κ3) is 3.74. The zero-order valence-corrected chi connectivity index (χ0v) is 12.2. The lowest BCUT2D eigenvalue weighted by Gasteiger charge is -2.20. The Bertz CT molecular complexity index is 555. The molecule has 1 heterocycles. The average molecular weight is 290 g/mol. The van der Waals surface area contributed by atoms with E-state index < -0.39 is 0 Å². The highest BCUT2D eigenvalue weighted by Crippen LogP contribution is 2.20. The van der Waals surface area contributed by atoms with Crippen molar-refractivity contribution >= 4 is 22.9 Å². The topological polar surface area (TPSA) is 55.6 Å². The van der Waals surface area contributed by atoms with Crippen LogP contribution in [0.4, 0.5) is 5.69 Å². The van der Waals surface area contributed by atoms with Gasteiger partial charge in [-0.1, -0.05) is 18.2 Å². The summed E-state index contributed by atoms with van der Waals surface area (Å²) in [5, 5.41) is 2.01. The van der Waals surface area contributed by atoms with E-state index in [-0.39, 0.29) is 12.5 Å². The van der Waals surface area contributed by atoms with Gasteiger partial charge >= 0.3 is 0 Å². The summed E-state index contributed by atoms with van der Waals surface area (Å²) in [6.45, 7) is 3.25. The number of carbonyl (C=O) groups is 1. The van der Waals surface area contributed by atoms with Crippen LogP contribution >= 0.6 is 11.3 Å². The van der Waals surface area contributed by atoms with Crippen molar-refractivity contribution in [2.75, 3.05) is 18.9 Å². The van der Waals surface area contributed by atoms with Crippen LogP contribution in [0.2, 0.25) is 0 Å². The molecule has 0 aliphatic rings. The molecule has 2 rings (SSSR count). The number of hydrogen-bond acceptors (Lipinski definition) is 4. The zero-order valence-electron chi connectivity index (χ0n) is 11.4. The number of likely N-dealkylation sites (N-methyl/N-ethyl adjacent to an activating group) is 1. The lowest BCUT2D eigenvalue weighted by Crippen LogP contribution is -2.34. The Labute approximate surface area is 122 Å². The van der Waals surface area contributed by atoms with Crippen molar-refractivity contribution < 1.29 is 9.53 Å². The molecule has 0 saturated heterocycles. The fourth-order valence-corrected chi connectivity index (χ4v) is 2.53. The first-order valence-corrected chi connectivity index (χ1v) is 7.36. The van der Waals surface area contributed by atoms with Gasteiger partial charge in [0.1, 0.15) is 5.75 Å². The highest BCUT2D eigenvalue weighted by Gasteiger charge is 2.13. The molecular formula is C15H18N2O2S. The van der Waals surface area contributed by atoms with Gasteiger partial charge < -0.3 is 15.4 Å². The molecule has 0 aliphatic carbocycles. The first kappa shape index (κ1) is 14.4. The van der Waals surface area contributed by atoms with Crippen molar-refractivity contribution in [2.24, 2.45) is 0 Å². The highest BCUT2D eigenvalue weighted by atomic mass is 32.1. The maximum Gasteiger partial charge on any atom is 0.260 e. The maximum atomic E-state index is 12.1. The van der Waals surface area contributed by atoms with Gasteiger partial charge in [-0.3, -0.25) is 4.79 Å². The predicted molar refractivity (Wildman–Crippen MR) is 81.8 cm³/mol. The fourth-order valence-electron chi connectivity index (χ4n) is 1.81. The van der Waals surface area contributed by atoms with E-state index in [0.717, 1.165) is 0 Å². The molecule has 0 radical (unpaired) electrons. The second-order valence-corrected chi connectivity index (χ2v) is 5.35. The molecule has 0 spiro atoms. The summed E-state index contributed by atoms with van der Waals surface area (Å²) >= 11 is 1.65. The van der Waals surface area contributed by atoms with Crippen LogP contribution in [0.3, 0.4) is 0 Å². The molecule has 1 aromatic heterocycles. The highest BCUT2D eigenvalue weighted by molar-refractivity contribution is 7.09. The quantitative estimate of drug-likeness (QED) is 0.832. The summed E-state index contributed by atoms with van der Waals surface area (Å²) in [5.74, 6) is 0.511. The Kier molecular flexibility index (Phi) is 5.01. The van der Waals surface area contributed by atoms with Crippen LogP contribution in [0, 0.1) is 0 Å². The third-order valence-corrected chi connectivity index (χ3v) is 3.79. The molecule has 0 fully saturated rings. The van der Waals surface area contributed by atoms with Crippen LogP contribution < -0.4 is 10.5 Å². The molecule has 0 aliphatic heterocycles. The number of nitrogens with zero attached hydrogens (tertiary/aromatic N) is 1. The summed E-state index contributed by atoms with van der Waals surface area (Å²) in [7, 11) is 0. The van der Waals surface area contributed by atoms with Gasteiger partial charge in [0.25, 0.3) is 5.91 Å². The maximum absolute atomic E-state index is 12.1. The lowest BCUT2D eigenvalue weighted by molar-refractivity contribution is -0.133. The number of rotatable bonds is 6. The number of amides is 1. The minimum Gasteiger partial charge on any atom is -0.482 e. The summed E-state index contributed by atoms with van der Waals surface area (Å²) in [6, 6.07) is 11.2. The summed E-state index contributed by atoms with van der Waals surface area (Å²) in [4.78, 5) is 15.1. The summed E-state index contributed by atoms with van der Waals surface area (Å²) in [6.07, 6.45) is 0. The van der Waals surface area contributed by atoms with Gasteiger partial charge in [-0.2, -0.15) is 0 Å². The molecule has 1 amide bonds. The standard InChI is InChI=1S/C15H18N2O2S/c1-2-17(10-12-6-5-9-20-12)15(18)11-19-14-8-4-3-7-13(14)16/h3-9H,2,10-11,16H2,1H3. The Morgan fingerprint density at radius 2 is 2.10 bits per heavy atom. The van der Waals surface area contributed by atoms with Crippen molar-refractivity contribution in [1.29, 1.82) is 0 Å². The minimum atomic E-state index is -0.0378. The number of thiophene rings is 1. The SMILES string of the molecule is CCN(Cc1cccs1)C(=O)COc1ccccc1N. The smallest absolute Gasteiger partial charge is 0.260 e. The number of ether oxygens (including phenoxy) is 1. The molecule has 0 atom stereocenters. The van der Waals surface area contributed by atoms with E-state index in [1.807, 2.05) is 36.6 Å². The van der Waals surface area contributed by atoms with Crippen LogP contribution in [0.25, 0.3) is 0 Å². The Morgan fingerprint density at radius 1 is 1.30 bits per heavy atom. The molecule has 2 aromatic rings. The number of para-hydroxylation sites is 2. The third-order valence-electron chi connectivity index (χ3n) is 2.93. The van der Waals surface area contributed by atoms with Crippen molar-refractivity contribution in [3.05, 3.63) is 46.7 Å². The minimum absolute atomic E-state index is 0.00737. The fraction of sp³-hybridized carbons (Fsp3) is 0.267. The number of carbonyl (C=O) groups excluding carboxylic acids is 1. The predicted octanol–water partition coefficient (Wildman–Crippen LogP) is 2.76. The molecular weight excluding hydrogens is 272 g/mol. The molecule has 20 heavy (non-hydrogen) atoms. The molecule has 0 saturated carbocycles. The van der Waals surface area contributed by atoms with Crippen molar-refractivity contribution in [2.45, 2.75) is 13.5 Å². The number of benzene rings is 1. The van der Waals surface area contributed by atoms with E-state index in [4.69, 9.17) is 10.5 Å². The second kappa shape index (κ2) is 6.96. The van der Waals surface area contributed by atoms with E-state index in [2.05, 4.69) is 0 Å². The van der Waals surface area contributed by atoms with E-state index >= 15 is 0 Å². The van der Waals surface area contributed by atoms with Crippen LogP contribution in [-0.4, -0.2) is 24.0 Å². The lowest BCUT2D eigenvalue weighted by atomic mass is 10.3. The summed E-state index contributed by atoms with van der Waals surface area (Å²) < 4.78 is 5.49. The van der Waals surface area contributed by atoms with Crippen LogP contribution in [0.1, 0.15) is 11.8 Å². The number of hydrogen-bond donors (Lipinski definition) is 1. The monoisotopic (exact) mass is 290 g/mol. The number of nitrogen functional groups attached to an aromatic ring is 1. The van der Waals surface area contributed by atoms with E-state index in [1.54, 1.807) is 28.4 Å². The number of anilines is 1. The van der Waals surface area contributed by atoms with Crippen molar-refractivity contribution in [1.82, 2.24) is 4.90 Å². The molecule has 5 heteroatoms. The van der Waals surface area contributed by atoms with Crippen LogP contribution in [0.15, 0.2) is 41.8 Å². The molecule has 0 bridgehead atoms. The molecule has 2 N–H and O–H groups in total. The Hall–Kier alpha value is -2.01. The Morgan fingerprint density at radius 3 is 2.75 bits per heavy atom. The van der Waals surface area contributed by atoms with Crippen molar-refractivity contribution in [3.63, 3.8) is 0 Å². The molecule has 4 nitrogen and oxygen atoms in total. The Balaban J connectivity index is 1.91. The second-order valence-electron chi connectivity index (χ2n) is 4.31. The van der Waals surface area contributed by atoms with E-state index in [0.29, 0.717) is 24.5 Å².